The standard InChI is InChI=1S/C46H64N8O10.C3H8.C2H4O2/c1-31(2)43(47-3)45(56)54-15-7-8-38(54)44-50-29-37(53-44)35-13-10-32-26-40(35)64-25-23-62-21-19-60-17-16-59-18-20-61-22-24-63-39-27-33(11-12-34(32)39)36-28-49-41(52-36)9-5-6-14-48-42(55)30-51-46(57)58-4;1-3-2;1-4-2-3/h10-13,26-29,31,38,43,47H,5-9,14-25,30H2,1-4H3,(H,48,55)(H,49,52)(H,50,53)(H,51,57);3H2,1-2H3;2H,1H3. The molecule has 2 aromatic carbocycles. The molecule has 4 heterocycles. The van der Waals surface area contributed by atoms with Gasteiger partial charge in [-0.15, -0.1) is 0 Å². The summed E-state index contributed by atoms with van der Waals surface area (Å²) in [6, 6.07) is 11.7. The number of carbonyl (C=O) groups is 4. The van der Waals surface area contributed by atoms with Crippen molar-refractivity contribution in [3.05, 3.63) is 60.4 Å². The molecule has 2 unspecified atom stereocenters. The largest absolute Gasteiger partial charge is 0.491 e. The van der Waals surface area contributed by atoms with E-state index in [-0.39, 0.29) is 36.4 Å². The van der Waals surface area contributed by atoms with E-state index in [0.717, 1.165) is 71.0 Å². The zero-order chi connectivity index (χ0) is 51.2. The van der Waals surface area contributed by atoms with Crippen molar-refractivity contribution in [2.45, 2.75) is 78.3 Å². The maximum atomic E-state index is 13.6. The first kappa shape index (κ1) is 57.5. The summed E-state index contributed by atoms with van der Waals surface area (Å²) >= 11 is 0. The zero-order valence-corrected chi connectivity index (χ0v) is 42.6. The molecule has 20 nitrogen and oxygen atoms in total. The molecule has 2 atom stereocenters. The number of ether oxygens (including phenoxy) is 8. The van der Waals surface area contributed by atoms with E-state index in [9.17, 15) is 14.4 Å². The fourth-order valence-corrected chi connectivity index (χ4v) is 7.71. The molecule has 2 aliphatic rings. The quantitative estimate of drug-likeness (QED) is 0.0733. The van der Waals surface area contributed by atoms with Crippen LogP contribution in [0, 0.1) is 5.92 Å². The van der Waals surface area contributed by atoms with Crippen molar-refractivity contribution in [3.63, 3.8) is 0 Å². The van der Waals surface area contributed by atoms with Gasteiger partial charge in [-0.25, -0.2) is 14.8 Å². The molecule has 2 aromatic heterocycles. The number of likely N-dealkylation sites (tertiary alicyclic amines) is 1. The highest BCUT2D eigenvalue weighted by Gasteiger charge is 2.36. The lowest BCUT2D eigenvalue weighted by Crippen LogP contribution is -2.47. The van der Waals surface area contributed by atoms with Gasteiger partial charge in [-0.2, -0.15) is 0 Å². The van der Waals surface area contributed by atoms with Gasteiger partial charge in [0, 0.05) is 36.2 Å². The Kier molecular flexibility index (Phi) is 26.5. The Morgan fingerprint density at radius 2 is 1.37 bits per heavy atom. The van der Waals surface area contributed by atoms with Crippen LogP contribution in [0.25, 0.3) is 33.6 Å². The maximum Gasteiger partial charge on any atom is 0.407 e. The van der Waals surface area contributed by atoms with Gasteiger partial charge in [0.25, 0.3) is 6.47 Å². The summed E-state index contributed by atoms with van der Waals surface area (Å²) in [6.07, 6.45) is 8.18. The number of benzene rings is 2. The zero-order valence-electron chi connectivity index (χ0n) is 42.6. The van der Waals surface area contributed by atoms with E-state index in [4.69, 9.17) is 38.2 Å². The van der Waals surface area contributed by atoms with Crippen molar-refractivity contribution in [1.82, 2.24) is 40.8 Å². The van der Waals surface area contributed by atoms with Gasteiger partial charge < -0.3 is 68.7 Å². The molecule has 0 spiro atoms. The summed E-state index contributed by atoms with van der Waals surface area (Å²) in [5, 5.41) is 8.36. The molecule has 2 bridgehead atoms. The van der Waals surface area contributed by atoms with Crippen molar-refractivity contribution in [2.24, 2.45) is 5.92 Å². The highest BCUT2D eigenvalue weighted by atomic mass is 16.6. The predicted molar refractivity (Wildman–Crippen MR) is 268 cm³/mol. The topological polar surface area (TPSA) is 239 Å². The molecular weight excluding hydrogens is 917 g/mol. The number of rotatable bonds is 14. The lowest BCUT2D eigenvalue weighted by Gasteiger charge is -2.29. The van der Waals surface area contributed by atoms with Gasteiger partial charge in [0.1, 0.15) is 36.4 Å². The third-order valence-electron chi connectivity index (χ3n) is 11.1. The van der Waals surface area contributed by atoms with Crippen LogP contribution in [0.3, 0.4) is 0 Å². The number of unbranched alkanes of at least 4 members (excludes halogenated alkanes) is 1. The van der Waals surface area contributed by atoms with E-state index in [2.05, 4.69) is 68.1 Å². The van der Waals surface area contributed by atoms with E-state index in [1.54, 1.807) is 0 Å². The number of amides is 3. The number of likely N-dealkylation sites (N-methyl/N-ethyl adjacent to an activating group) is 1. The number of aromatic nitrogens is 4. The van der Waals surface area contributed by atoms with Gasteiger partial charge in [0.15, 0.2) is 0 Å². The van der Waals surface area contributed by atoms with Gasteiger partial charge in [-0.05, 0) is 68.5 Å². The summed E-state index contributed by atoms with van der Waals surface area (Å²) in [5.41, 5.74) is 5.09. The molecule has 392 valence electrons. The smallest absolute Gasteiger partial charge is 0.407 e. The SMILES string of the molecule is CCC.CNC(C(=O)N1CCCC1c1ncc(-c2ccc3cc2OCCOCCOCCOCCOCCOc2cc(-c4cnc(CCCCNC(=O)CNC(=O)OC)[nH]4)ccc2-3)[nH]1)C(C)C.COC=O. The second-order valence-corrected chi connectivity index (χ2v) is 16.9. The van der Waals surface area contributed by atoms with Crippen molar-refractivity contribution in [2.75, 3.05) is 107 Å². The Balaban J connectivity index is 0.00000147. The molecule has 1 saturated heterocycles. The van der Waals surface area contributed by atoms with Crippen LogP contribution in [0.5, 0.6) is 11.5 Å². The van der Waals surface area contributed by atoms with E-state index < -0.39 is 6.09 Å². The normalized spacial score (nSPS) is 16.2. The van der Waals surface area contributed by atoms with Crippen LogP contribution in [0.2, 0.25) is 0 Å². The summed E-state index contributed by atoms with van der Waals surface area (Å²) < 4.78 is 44.2. The third-order valence-corrected chi connectivity index (χ3v) is 11.1. The minimum atomic E-state index is -0.650. The number of carbonyl (C=O) groups excluding carboxylic acids is 4. The van der Waals surface area contributed by atoms with Crippen molar-refractivity contribution < 1.29 is 57.1 Å². The van der Waals surface area contributed by atoms with Gasteiger partial charge in [0.05, 0.1) is 109 Å². The Morgan fingerprint density at radius 3 is 1.97 bits per heavy atom. The number of hydrogen-bond donors (Lipinski definition) is 5. The van der Waals surface area contributed by atoms with Crippen LogP contribution in [0.4, 0.5) is 4.79 Å². The molecule has 5 N–H and O–H groups in total. The summed E-state index contributed by atoms with van der Waals surface area (Å²) in [4.78, 5) is 64.1. The number of aryl methyl sites for hydroxylation is 1. The lowest BCUT2D eigenvalue weighted by atomic mass is 9.99. The molecule has 4 aromatic rings. The molecule has 3 amide bonds. The average molecular weight is 993 g/mol. The van der Waals surface area contributed by atoms with Gasteiger partial charge in [-0.1, -0.05) is 46.2 Å². The number of H-pyrrole nitrogens is 2. The Morgan fingerprint density at radius 1 is 0.789 bits per heavy atom. The number of nitrogens with one attached hydrogen (secondary N) is 5. The average Bonchev–Trinajstić information content (AvgIpc) is 4.18. The third kappa shape index (κ3) is 19.2. The Bertz CT molecular complexity index is 2180. The number of aromatic amines is 2. The molecule has 0 radical (unpaired) electrons. The number of methoxy groups -OCH3 is 2. The number of alkyl carbamates (subject to hydrolysis) is 1. The van der Waals surface area contributed by atoms with Crippen LogP contribution in [0.15, 0.2) is 48.8 Å². The second kappa shape index (κ2) is 32.8. The second-order valence-electron chi connectivity index (χ2n) is 16.9. The monoisotopic (exact) mass is 993 g/mol. The number of imidazole rings is 2. The molecule has 20 heteroatoms. The fraction of sp³-hybridized carbons (Fsp3) is 0.569. The Labute approximate surface area is 417 Å². The lowest BCUT2D eigenvalue weighted by molar-refractivity contribution is -0.135. The number of fused-ring (bicyclic) bond motifs is 4. The summed E-state index contributed by atoms with van der Waals surface area (Å²) in [7, 11) is 4.40. The molecular formula is C51H76N8O12. The first-order valence-corrected chi connectivity index (χ1v) is 24.6. The number of hydrogen-bond acceptors (Lipinski definition) is 15. The molecule has 6 rings (SSSR count). The van der Waals surface area contributed by atoms with Gasteiger partial charge in [-0.3, -0.25) is 14.4 Å². The fourth-order valence-electron chi connectivity index (χ4n) is 7.71. The summed E-state index contributed by atoms with van der Waals surface area (Å²) in [5.74, 6) is 2.83. The molecule has 1 fully saturated rings. The minimum absolute atomic E-state index is 0.0880. The molecule has 0 saturated carbocycles. The van der Waals surface area contributed by atoms with Crippen LogP contribution in [-0.4, -0.2) is 162 Å². The van der Waals surface area contributed by atoms with Crippen LogP contribution in [0.1, 0.15) is 77.5 Å². The van der Waals surface area contributed by atoms with Gasteiger partial charge in [0.2, 0.25) is 11.8 Å². The first-order chi connectivity index (χ1) is 34.6. The maximum absolute atomic E-state index is 13.6. The minimum Gasteiger partial charge on any atom is -0.491 e. The predicted octanol–water partition coefficient (Wildman–Crippen LogP) is 5.88. The molecule has 71 heavy (non-hydrogen) atoms. The number of nitrogens with zero attached hydrogens (tertiary/aromatic N) is 3. The molecule has 2 aliphatic heterocycles. The highest BCUT2D eigenvalue weighted by molar-refractivity contribution is 5.83. The first-order valence-electron chi connectivity index (χ1n) is 24.6. The van der Waals surface area contributed by atoms with E-state index in [0.29, 0.717) is 104 Å². The van der Waals surface area contributed by atoms with E-state index in [1.165, 1.54) is 20.6 Å². The molecule has 0 aliphatic carbocycles. The van der Waals surface area contributed by atoms with Crippen LogP contribution >= 0.6 is 0 Å². The highest BCUT2D eigenvalue weighted by Crippen LogP contribution is 2.40. The van der Waals surface area contributed by atoms with Crippen molar-refractivity contribution in [3.8, 4) is 45.1 Å². The summed E-state index contributed by atoms with van der Waals surface area (Å²) in [6.45, 7) is 13.8. The van der Waals surface area contributed by atoms with E-state index in [1.807, 2.05) is 60.7 Å². The Hall–Kier alpha value is -6.06. The van der Waals surface area contributed by atoms with E-state index >= 15 is 0 Å². The van der Waals surface area contributed by atoms with Crippen molar-refractivity contribution in [1.29, 1.82) is 0 Å². The van der Waals surface area contributed by atoms with Gasteiger partial charge >= 0.3 is 6.09 Å². The van der Waals surface area contributed by atoms with Crippen molar-refractivity contribution >= 4 is 24.4 Å². The van der Waals surface area contributed by atoms with Crippen LogP contribution < -0.4 is 25.4 Å². The van der Waals surface area contributed by atoms with Crippen LogP contribution in [-0.2, 0) is 49.2 Å².